The first kappa shape index (κ1) is 9.89. The zero-order chi connectivity index (χ0) is 9.90. The van der Waals surface area contributed by atoms with Gasteiger partial charge in [-0.15, -0.1) is 0 Å². The Morgan fingerprint density at radius 1 is 1.69 bits per heavy atom. The van der Waals surface area contributed by atoms with Gasteiger partial charge in [-0.05, 0) is 20.3 Å². The minimum atomic E-state index is -1.17. The van der Waals surface area contributed by atoms with Gasteiger partial charge in [0, 0.05) is 6.42 Å². The van der Waals surface area contributed by atoms with Crippen LogP contribution in [0.15, 0.2) is 12.0 Å². The van der Waals surface area contributed by atoms with Crippen LogP contribution in [0.5, 0.6) is 0 Å². The van der Waals surface area contributed by atoms with Gasteiger partial charge in [-0.3, -0.25) is 0 Å². The van der Waals surface area contributed by atoms with Gasteiger partial charge in [0.25, 0.3) is 0 Å². The van der Waals surface area contributed by atoms with Crippen LogP contribution < -0.4 is 0 Å². The van der Waals surface area contributed by atoms with Crippen LogP contribution in [0.25, 0.3) is 0 Å². The molecule has 0 aliphatic carbocycles. The molecule has 0 unspecified atom stereocenters. The van der Waals surface area contributed by atoms with Crippen molar-refractivity contribution in [2.75, 3.05) is 6.61 Å². The van der Waals surface area contributed by atoms with E-state index in [1.807, 2.05) is 0 Å². The summed E-state index contributed by atoms with van der Waals surface area (Å²) in [5.41, 5.74) is -1.17. The molecule has 0 saturated carbocycles. The maximum atomic E-state index is 10.7. The highest BCUT2D eigenvalue weighted by Crippen LogP contribution is 2.20. The molecular weight excluding hydrogens is 172 g/mol. The Hall–Kier alpha value is -1.19. The Balaban J connectivity index is 2.56. The first-order valence-corrected chi connectivity index (χ1v) is 4.25. The predicted molar refractivity (Wildman–Crippen MR) is 46.1 cm³/mol. The lowest BCUT2D eigenvalue weighted by atomic mass is 10.1. The van der Waals surface area contributed by atoms with Crippen molar-refractivity contribution in [3.05, 3.63) is 12.0 Å². The summed E-state index contributed by atoms with van der Waals surface area (Å²) in [5, 5.41) is 8.78. The minimum Gasteiger partial charge on any atom is -0.498 e. The third-order valence-electron chi connectivity index (χ3n) is 1.80. The van der Waals surface area contributed by atoms with Crippen LogP contribution >= 0.6 is 0 Å². The quantitative estimate of drug-likeness (QED) is 0.726. The Morgan fingerprint density at radius 3 is 2.85 bits per heavy atom. The zero-order valence-corrected chi connectivity index (χ0v) is 7.87. The smallest absolute Gasteiger partial charge is 0.347 e. The van der Waals surface area contributed by atoms with E-state index in [1.165, 1.54) is 20.1 Å². The maximum absolute atomic E-state index is 10.7. The second-order valence-corrected chi connectivity index (χ2v) is 3.48. The van der Waals surface area contributed by atoms with Gasteiger partial charge in [-0.2, -0.15) is 0 Å². The standard InChI is InChI=1S/C9H14O4/c1-9(2,8(10)11)13-7-4-3-5-12-6-7/h6H,3-5H2,1-2H3,(H,10,11). The van der Waals surface area contributed by atoms with Crippen LogP contribution in [0.4, 0.5) is 0 Å². The van der Waals surface area contributed by atoms with Crippen LogP contribution in [-0.4, -0.2) is 23.3 Å². The van der Waals surface area contributed by atoms with Gasteiger partial charge in [-0.25, -0.2) is 4.79 Å². The summed E-state index contributed by atoms with van der Waals surface area (Å²) in [6, 6.07) is 0. The second-order valence-electron chi connectivity index (χ2n) is 3.48. The number of hydrogen-bond acceptors (Lipinski definition) is 3. The number of hydrogen-bond donors (Lipinski definition) is 1. The number of aliphatic carboxylic acids is 1. The largest absolute Gasteiger partial charge is 0.498 e. The van der Waals surface area contributed by atoms with Crippen LogP contribution in [0.1, 0.15) is 26.7 Å². The van der Waals surface area contributed by atoms with E-state index in [0.29, 0.717) is 12.4 Å². The van der Waals surface area contributed by atoms with Gasteiger partial charge in [0.2, 0.25) is 0 Å². The van der Waals surface area contributed by atoms with Gasteiger partial charge in [0.05, 0.1) is 6.61 Å². The van der Waals surface area contributed by atoms with E-state index >= 15 is 0 Å². The lowest BCUT2D eigenvalue weighted by molar-refractivity contribution is -0.157. The average molecular weight is 186 g/mol. The highest BCUT2D eigenvalue weighted by Gasteiger charge is 2.30. The molecule has 0 fully saturated rings. The van der Waals surface area contributed by atoms with Crippen molar-refractivity contribution < 1.29 is 19.4 Å². The molecule has 1 rings (SSSR count). The Labute approximate surface area is 77.1 Å². The molecule has 0 aromatic rings. The van der Waals surface area contributed by atoms with Crippen molar-refractivity contribution in [2.24, 2.45) is 0 Å². The molecule has 1 aliphatic heterocycles. The fourth-order valence-corrected chi connectivity index (χ4v) is 0.987. The fraction of sp³-hybridized carbons (Fsp3) is 0.667. The Kier molecular flexibility index (Phi) is 2.80. The highest BCUT2D eigenvalue weighted by atomic mass is 16.5. The molecule has 0 aromatic carbocycles. The predicted octanol–water partition coefficient (Wildman–Crippen LogP) is 1.52. The third kappa shape index (κ3) is 2.65. The average Bonchev–Trinajstić information content (AvgIpc) is 2.05. The first-order chi connectivity index (χ1) is 6.02. The Morgan fingerprint density at radius 2 is 2.38 bits per heavy atom. The lowest BCUT2D eigenvalue weighted by Crippen LogP contribution is -2.34. The van der Waals surface area contributed by atoms with Gasteiger partial charge in [0.1, 0.15) is 12.0 Å². The summed E-state index contributed by atoms with van der Waals surface area (Å²) >= 11 is 0. The topological polar surface area (TPSA) is 55.8 Å². The lowest BCUT2D eigenvalue weighted by Gasteiger charge is -2.24. The van der Waals surface area contributed by atoms with E-state index in [2.05, 4.69) is 0 Å². The summed E-state index contributed by atoms with van der Waals surface area (Å²) < 4.78 is 10.3. The monoisotopic (exact) mass is 186 g/mol. The molecule has 1 heterocycles. The van der Waals surface area contributed by atoms with Crippen molar-refractivity contribution in [3.63, 3.8) is 0 Å². The molecule has 74 valence electrons. The molecule has 0 spiro atoms. The molecule has 0 saturated heterocycles. The molecule has 0 bridgehead atoms. The van der Waals surface area contributed by atoms with Crippen molar-refractivity contribution in [1.29, 1.82) is 0 Å². The van der Waals surface area contributed by atoms with Gasteiger partial charge in [-0.1, -0.05) is 0 Å². The molecule has 0 radical (unpaired) electrons. The van der Waals surface area contributed by atoms with Gasteiger partial charge < -0.3 is 14.6 Å². The molecule has 1 aliphatic rings. The Bertz CT molecular complexity index is 230. The van der Waals surface area contributed by atoms with E-state index in [0.717, 1.165) is 12.8 Å². The first-order valence-electron chi connectivity index (χ1n) is 4.25. The summed E-state index contributed by atoms with van der Waals surface area (Å²) in [6.07, 6.45) is 3.12. The minimum absolute atomic E-state index is 0.610. The normalized spacial score (nSPS) is 17.2. The molecule has 0 aromatic heterocycles. The van der Waals surface area contributed by atoms with E-state index in [4.69, 9.17) is 14.6 Å². The molecule has 1 N–H and O–H groups in total. The number of carbonyl (C=O) groups is 1. The van der Waals surface area contributed by atoms with Gasteiger partial charge >= 0.3 is 5.97 Å². The molecular formula is C9H14O4. The SMILES string of the molecule is CC(C)(OC1=COCCC1)C(=O)O. The fourth-order valence-electron chi connectivity index (χ4n) is 0.987. The molecule has 4 heteroatoms. The van der Waals surface area contributed by atoms with Crippen molar-refractivity contribution in [2.45, 2.75) is 32.3 Å². The molecule has 13 heavy (non-hydrogen) atoms. The van der Waals surface area contributed by atoms with Crippen molar-refractivity contribution in [3.8, 4) is 0 Å². The number of carboxylic acid groups (broad SMARTS) is 1. The summed E-state index contributed by atoms with van der Waals surface area (Å²) in [4.78, 5) is 10.7. The van der Waals surface area contributed by atoms with Crippen LogP contribution in [0.3, 0.4) is 0 Å². The summed E-state index contributed by atoms with van der Waals surface area (Å²) in [6.45, 7) is 3.72. The molecule has 4 nitrogen and oxygen atoms in total. The maximum Gasteiger partial charge on any atom is 0.347 e. The van der Waals surface area contributed by atoms with E-state index in [1.54, 1.807) is 0 Å². The summed E-state index contributed by atoms with van der Waals surface area (Å²) in [5.74, 6) is -0.363. The number of carboxylic acids is 1. The van der Waals surface area contributed by atoms with Crippen molar-refractivity contribution >= 4 is 5.97 Å². The van der Waals surface area contributed by atoms with Crippen molar-refractivity contribution in [1.82, 2.24) is 0 Å². The third-order valence-corrected chi connectivity index (χ3v) is 1.80. The number of rotatable bonds is 3. The van der Waals surface area contributed by atoms with Crippen LogP contribution in [-0.2, 0) is 14.3 Å². The second kappa shape index (κ2) is 3.68. The van der Waals surface area contributed by atoms with E-state index < -0.39 is 11.6 Å². The van der Waals surface area contributed by atoms with Gasteiger partial charge in [0.15, 0.2) is 5.60 Å². The number of allylic oxidation sites excluding steroid dienone is 1. The summed E-state index contributed by atoms with van der Waals surface area (Å²) in [7, 11) is 0. The molecule has 0 atom stereocenters. The molecule has 0 amide bonds. The van der Waals surface area contributed by atoms with Crippen LogP contribution in [0, 0.1) is 0 Å². The highest BCUT2D eigenvalue weighted by molar-refractivity contribution is 5.76. The van der Waals surface area contributed by atoms with Crippen LogP contribution in [0.2, 0.25) is 0 Å². The number of ether oxygens (including phenoxy) is 2. The van der Waals surface area contributed by atoms with E-state index in [9.17, 15) is 4.79 Å². The van der Waals surface area contributed by atoms with E-state index in [-0.39, 0.29) is 0 Å². The zero-order valence-electron chi connectivity index (χ0n) is 7.87.